The topological polar surface area (TPSA) is 73.7 Å². The summed E-state index contributed by atoms with van der Waals surface area (Å²) in [7, 11) is 1.73. The molecule has 6 nitrogen and oxygen atoms in total. The van der Waals surface area contributed by atoms with Crippen LogP contribution in [0.4, 0.5) is 5.82 Å². The van der Waals surface area contributed by atoms with Crippen LogP contribution in [0.2, 0.25) is 0 Å². The molecular weight excluding hydrogens is 296 g/mol. The van der Waals surface area contributed by atoms with Gasteiger partial charge in [0, 0.05) is 12.4 Å². The molecule has 7 heteroatoms. The summed E-state index contributed by atoms with van der Waals surface area (Å²) in [5.74, 6) is 0.685. The number of anilines is 1. The summed E-state index contributed by atoms with van der Waals surface area (Å²) >= 11 is 4.95. The number of aromatic nitrogens is 1. The molecule has 1 aromatic carbocycles. The zero-order valence-electron chi connectivity index (χ0n) is 12.7. The van der Waals surface area contributed by atoms with Crippen molar-refractivity contribution in [3.05, 3.63) is 36.4 Å². The molecule has 2 aromatic rings. The van der Waals surface area contributed by atoms with Crippen molar-refractivity contribution in [1.29, 1.82) is 0 Å². The molecule has 0 aliphatic heterocycles. The Balaban J connectivity index is 2.07. The van der Waals surface area contributed by atoms with Crippen LogP contribution < -0.4 is 16.2 Å². The van der Waals surface area contributed by atoms with Crippen molar-refractivity contribution in [1.82, 2.24) is 15.7 Å². The highest BCUT2D eigenvalue weighted by Crippen LogP contribution is 2.14. The summed E-state index contributed by atoms with van der Waals surface area (Å²) in [5.41, 5.74) is 8.05. The van der Waals surface area contributed by atoms with Gasteiger partial charge in [-0.15, -0.1) is 0 Å². The van der Waals surface area contributed by atoms with Crippen LogP contribution in [-0.4, -0.2) is 28.6 Å². The van der Waals surface area contributed by atoms with Gasteiger partial charge in [0.2, 0.25) is 0 Å². The van der Waals surface area contributed by atoms with Crippen molar-refractivity contribution in [3.8, 4) is 0 Å². The quantitative estimate of drug-likeness (QED) is 0.459. The van der Waals surface area contributed by atoms with Crippen LogP contribution in [0.5, 0.6) is 0 Å². The molecule has 0 saturated heterocycles. The molecule has 0 aliphatic carbocycles. The first-order chi connectivity index (χ1) is 10.6. The first kappa shape index (κ1) is 15.8. The maximum absolute atomic E-state index is 4.95. The number of fused-ring (bicyclic) bond motifs is 1. The minimum absolute atomic E-state index is 0.455. The predicted molar refractivity (Wildman–Crippen MR) is 96.4 cm³/mol. The number of pyridine rings is 1. The van der Waals surface area contributed by atoms with Gasteiger partial charge in [0.15, 0.2) is 5.11 Å². The molecule has 22 heavy (non-hydrogen) atoms. The first-order valence-electron chi connectivity index (χ1n) is 6.78. The van der Waals surface area contributed by atoms with Gasteiger partial charge in [-0.25, -0.2) is 4.98 Å². The number of hydrazone groups is 2. The van der Waals surface area contributed by atoms with Crippen molar-refractivity contribution < 1.29 is 0 Å². The average molecular weight is 314 g/mol. The van der Waals surface area contributed by atoms with E-state index in [0.717, 1.165) is 22.3 Å². The summed E-state index contributed by atoms with van der Waals surface area (Å²) in [6.45, 7) is 3.70. The highest BCUT2D eigenvalue weighted by Gasteiger charge is 2.00. The standard InChI is InChI=1S/C15H18N6S/c1-10(11(2)19-21-15(22)16-3)18-20-14-9-8-12-6-4-5-7-13(12)17-14/h4-9H,1-3H3,(H,17,20)(H2,16,21,22)/b18-10+,19-11+. The second-order valence-corrected chi connectivity index (χ2v) is 4.99. The van der Waals surface area contributed by atoms with Crippen molar-refractivity contribution in [2.24, 2.45) is 10.2 Å². The lowest BCUT2D eigenvalue weighted by atomic mass is 10.2. The van der Waals surface area contributed by atoms with Crippen LogP contribution in [0.15, 0.2) is 46.6 Å². The van der Waals surface area contributed by atoms with E-state index in [2.05, 4.69) is 31.4 Å². The Bertz CT molecular complexity index is 738. The largest absolute Gasteiger partial charge is 0.364 e. The second-order valence-electron chi connectivity index (χ2n) is 4.59. The lowest BCUT2D eigenvalue weighted by molar-refractivity contribution is 0.976. The van der Waals surface area contributed by atoms with Crippen molar-refractivity contribution >= 4 is 45.5 Å². The van der Waals surface area contributed by atoms with E-state index < -0.39 is 0 Å². The molecule has 1 aromatic heterocycles. The maximum Gasteiger partial charge on any atom is 0.186 e. The number of rotatable bonds is 4. The number of hydrogen-bond acceptors (Lipinski definition) is 5. The molecule has 0 amide bonds. The number of thiocarbonyl (C=S) groups is 1. The van der Waals surface area contributed by atoms with Crippen molar-refractivity contribution in [2.45, 2.75) is 13.8 Å². The molecule has 114 valence electrons. The Kier molecular flexibility index (Phi) is 5.37. The normalized spacial score (nSPS) is 12.1. The Hall–Kier alpha value is -2.54. The molecule has 1 heterocycles. The third kappa shape index (κ3) is 4.23. The van der Waals surface area contributed by atoms with Gasteiger partial charge in [-0.05, 0) is 44.3 Å². The van der Waals surface area contributed by atoms with E-state index in [1.165, 1.54) is 0 Å². The molecular formula is C15H18N6S. The molecule has 0 radical (unpaired) electrons. The highest BCUT2D eigenvalue weighted by atomic mass is 32.1. The summed E-state index contributed by atoms with van der Waals surface area (Å²) in [4.78, 5) is 4.49. The third-order valence-corrected chi connectivity index (χ3v) is 3.31. The Morgan fingerprint density at radius 2 is 1.77 bits per heavy atom. The Morgan fingerprint density at radius 3 is 2.55 bits per heavy atom. The van der Waals surface area contributed by atoms with Gasteiger partial charge >= 0.3 is 0 Å². The number of para-hydroxylation sites is 1. The molecule has 3 N–H and O–H groups in total. The zero-order valence-corrected chi connectivity index (χ0v) is 13.5. The number of nitrogens with one attached hydrogen (secondary N) is 3. The smallest absolute Gasteiger partial charge is 0.186 e. The molecule has 0 saturated carbocycles. The van der Waals surface area contributed by atoms with E-state index in [0.29, 0.717) is 10.9 Å². The van der Waals surface area contributed by atoms with Gasteiger partial charge in [-0.3, -0.25) is 10.9 Å². The minimum atomic E-state index is 0.455. The van der Waals surface area contributed by atoms with Gasteiger partial charge in [-0.1, -0.05) is 18.2 Å². The van der Waals surface area contributed by atoms with Gasteiger partial charge in [-0.2, -0.15) is 10.2 Å². The number of hydrogen-bond donors (Lipinski definition) is 3. The monoisotopic (exact) mass is 314 g/mol. The van der Waals surface area contributed by atoms with E-state index in [9.17, 15) is 0 Å². The summed E-state index contributed by atoms with van der Waals surface area (Å²) < 4.78 is 0. The SMILES string of the molecule is CNC(=S)N/N=C(C)/C(C)=N/Nc1ccc2ccccc2n1. The molecule has 0 unspecified atom stereocenters. The molecule has 0 aliphatic rings. The lowest BCUT2D eigenvalue weighted by Crippen LogP contribution is -2.30. The van der Waals surface area contributed by atoms with Crippen LogP contribution in [0.25, 0.3) is 10.9 Å². The molecule has 0 spiro atoms. The number of benzene rings is 1. The van der Waals surface area contributed by atoms with E-state index in [1.807, 2.05) is 50.2 Å². The Morgan fingerprint density at radius 1 is 1.05 bits per heavy atom. The van der Waals surface area contributed by atoms with E-state index in [4.69, 9.17) is 12.2 Å². The molecule has 2 rings (SSSR count). The maximum atomic E-state index is 4.95. The summed E-state index contributed by atoms with van der Waals surface area (Å²) in [5, 5.41) is 12.7. The molecule has 0 fully saturated rings. The first-order valence-corrected chi connectivity index (χ1v) is 7.19. The van der Waals surface area contributed by atoms with E-state index in [1.54, 1.807) is 7.05 Å². The highest BCUT2D eigenvalue weighted by molar-refractivity contribution is 7.80. The second kappa shape index (κ2) is 7.46. The fourth-order valence-corrected chi connectivity index (χ4v) is 1.67. The molecule has 0 atom stereocenters. The summed E-state index contributed by atoms with van der Waals surface area (Å²) in [6.07, 6.45) is 0. The van der Waals surface area contributed by atoms with Crippen molar-refractivity contribution in [3.63, 3.8) is 0 Å². The van der Waals surface area contributed by atoms with Crippen LogP contribution in [-0.2, 0) is 0 Å². The van der Waals surface area contributed by atoms with Crippen LogP contribution in [0.3, 0.4) is 0 Å². The van der Waals surface area contributed by atoms with Crippen LogP contribution in [0.1, 0.15) is 13.8 Å². The van der Waals surface area contributed by atoms with Crippen molar-refractivity contribution in [2.75, 3.05) is 12.5 Å². The van der Waals surface area contributed by atoms with Crippen LogP contribution in [0, 0.1) is 0 Å². The van der Waals surface area contributed by atoms with Gasteiger partial charge in [0.25, 0.3) is 0 Å². The molecule has 0 bridgehead atoms. The van der Waals surface area contributed by atoms with Gasteiger partial charge in [0.1, 0.15) is 5.82 Å². The Labute approximate surface area is 134 Å². The van der Waals surface area contributed by atoms with E-state index >= 15 is 0 Å². The van der Waals surface area contributed by atoms with Gasteiger partial charge in [0.05, 0.1) is 16.9 Å². The number of nitrogens with zero attached hydrogens (tertiary/aromatic N) is 3. The van der Waals surface area contributed by atoms with Gasteiger partial charge < -0.3 is 5.32 Å². The zero-order chi connectivity index (χ0) is 15.9. The fraction of sp³-hybridized carbons (Fsp3) is 0.200. The predicted octanol–water partition coefficient (Wildman–Crippen LogP) is 2.49. The van der Waals surface area contributed by atoms with E-state index in [-0.39, 0.29) is 0 Å². The minimum Gasteiger partial charge on any atom is -0.364 e. The average Bonchev–Trinajstić information content (AvgIpc) is 2.56. The third-order valence-electron chi connectivity index (χ3n) is 3.01. The lowest BCUT2D eigenvalue weighted by Gasteiger charge is -2.05. The fourth-order valence-electron chi connectivity index (χ4n) is 1.62. The van der Waals surface area contributed by atoms with Crippen LogP contribution >= 0.6 is 12.2 Å². The summed E-state index contributed by atoms with van der Waals surface area (Å²) in [6, 6.07) is 11.8.